The van der Waals surface area contributed by atoms with Gasteiger partial charge in [-0.1, -0.05) is 44.2 Å². The zero-order chi connectivity index (χ0) is 24.4. The fraction of sp³-hybridized carbons (Fsp3) is 0.524. The molecule has 1 aromatic heterocycles. The Kier molecular flexibility index (Phi) is 7.20. The van der Waals surface area contributed by atoms with Crippen molar-refractivity contribution in [3.05, 3.63) is 42.2 Å². The van der Waals surface area contributed by atoms with Gasteiger partial charge in [0.1, 0.15) is 12.1 Å². The Morgan fingerprint density at radius 3 is 2.52 bits per heavy atom. The summed E-state index contributed by atoms with van der Waals surface area (Å²) in [7, 11) is -2.24. The number of nitrogens with zero attached hydrogens (tertiary/aromatic N) is 4. The molecule has 0 bridgehead atoms. The third-order valence-electron chi connectivity index (χ3n) is 5.48. The summed E-state index contributed by atoms with van der Waals surface area (Å²) >= 11 is 0. The van der Waals surface area contributed by atoms with Gasteiger partial charge in [-0.15, -0.1) is 5.10 Å². The second-order valence-corrected chi connectivity index (χ2v) is 10.9. The summed E-state index contributed by atoms with van der Waals surface area (Å²) in [6.07, 6.45) is 0.880. The van der Waals surface area contributed by atoms with E-state index in [0.717, 1.165) is 0 Å². The number of aliphatic hydroxyl groups excluding tert-OH is 1. The summed E-state index contributed by atoms with van der Waals surface area (Å²) in [4.78, 5) is 27.3. The molecule has 0 unspecified atom stereocenters. The number of hydrogen-bond acceptors (Lipinski definition) is 7. The minimum Gasteiger partial charge on any atom is -0.391 e. The van der Waals surface area contributed by atoms with E-state index >= 15 is 0 Å². The Bertz CT molecular complexity index is 1100. The number of rotatable bonds is 7. The highest BCUT2D eigenvalue weighted by Gasteiger charge is 2.45. The lowest BCUT2D eigenvalue weighted by molar-refractivity contribution is -0.144. The van der Waals surface area contributed by atoms with Crippen molar-refractivity contribution < 1.29 is 23.1 Å². The number of likely N-dealkylation sites (tertiary alicyclic amines) is 1. The number of aliphatic hydroxyl groups is 1. The van der Waals surface area contributed by atoms with E-state index in [2.05, 4.69) is 20.4 Å². The van der Waals surface area contributed by atoms with E-state index in [0.29, 0.717) is 5.69 Å². The van der Waals surface area contributed by atoms with Crippen molar-refractivity contribution >= 4 is 21.8 Å². The van der Waals surface area contributed by atoms with Crippen LogP contribution in [0, 0.1) is 5.41 Å². The van der Waals surface area contributed by atoms with E-state index in [1.54, 1.807) is 18.2 Å². The predicted molar refractivity (Wildman–Crippen MR) is 119 cm³/mol. The van der Waals surface area contributed by atoms with Crippen LogP contribution in [0.15, 0.2) is 41.4 Å². The highest BCUT2D eigenvalue weighted by Crippen LogP contribution is 2.34. The van der Waals surface area contributed by atoms with Crippen LogP contribution in [-0.2, 0) is 26.2 Å². The topological polar surface area (TPSA) is 147 Å². The van der Waals surface area contributed by atoms with Gasteiger partial charge in [-0.25, -0.2) is 17.8 Å². The minimum absolute atomic E-state index is 0.0436. The van der Waals surface area contributed by atoms with Gasteiger partial charge < -0.3 is 15.3 Å². The molecule has 180 valence electrons. The zero-order valence-corrected chi connectivity index (χ0v) is 19.9. The van der Waals surface area contributed by atoms with E-state index in [9.17, 15) is 23.1 Å². The first-order valence-electron chi connectivity index (χ1n) is 10.6. The van der Waals surface area contributed by atoms with Gasteiger partial charge >= 0.3 is 0 Å². The van der Waals surface area contributed by atoms with E-state index in [-0.39, 0.29) is 36.2 Å². The number of sulfonamides is 1. The lowest BCUT2D eigenvalue weighted by Crippen LogP contribution is -2.49. The molecule has 0 spiro atoms. The van der Waals surface area contributed by atoms with E-state index < -0.39 is 33.6 Å². The predicted octanol–water partition coefficient (Wildman–Crippen LogP) is 0.0516. The maximum Gasteiger partial charge on any atom is 0.248 e. The van der Waals surface area contributed by atoms with Crippen molar-refractivity contribution in [1.82, 2.24) is 29.9 Å². The third kappa shape index (κ3) is 5.57. The second-order valence-electron chi connectivity index (χ2n) is 9.11. The van der Waals surface area contributed by atoms with E-state index in [4.69, 9.17) is 0 Å². The maximum atomic E-state index is 13.5. The van der Waals surface area contributed by atoms with Crippen molar-refractivity contribution in [2.24, 2.45) is 5.41 Å². The molecule has 2 aromatic rings. The zero-order valence-electron chi connectivity index (χ0n) is 19.1. The molecule has 3 N–H and O–H groups in total. The molecule has 12 heteroatoms. The molecular formula is C21H30N6O5S. The molecule has 1 fully saturated rings. The Morgan fingerprint density at radius 1 is 1.24 bits per heavy atom. The fourth-order valence-corrected chi connectivity index (χ4v) is 4.90. The maximum absolute atomic E-state index is 13.5. The van der Waals surface area contributed by atoms with Crippen molar-refractivity contribution in [1.29, 1.82) is 0 Å². The summed E-state index contributed by atoms with van der Waals surface area (Å²) in [6, 6.07) is 6.37. The van der Waals surface area contributed by atoms with Gasteiger partial charge in [-0.3, -0.25) is 9.59 Å². The average Bonchev–Trinajstić information content (AvgIpc) is 3.38. The Labute approximate surface area is 193 Å². The smallest absolute Gasteiger partial charge is 0.248 e. The standard InChI is InChI=1S/C21H30N6O5S/c1-21(2,3)18(20(30)26-13-15(28)10-17(26)19(29)22-4)27-12-14(24-25-27)11-23-33(31,32)16-8-6-5-7-9-16/h5-9,12,15,17-18,23,28H,10-11,13H2,1-4H3,(H,22,29)/t15-,17+,18-/m1/s1. The molecule has 1 aliphatic rings. The largest absolute Gasteiger partial charge is 0.391 e. The number of likely N-dealkylation sites (N-methyl/N-ethyl adjacent to an activating group) is 1. The van der Waals surface area contributed by atoms with Crippen LogP contribution in [0.2, 0.25) is 0 Å². The molecule has 3 atom stereocenters. The van der Waals surface area contributed by atoms with Gasteiger partial charge in [0.05, 0.1) is 29.4 Å². The normalized spacial score (nSPS) is 20.0. The van der Waals surface area contributed by atoms with Crippen LogP contribution in [0.1, 0.15) is 38.9 Å². The average molecular weight is 479 g/mol. The number of nitrogens with one attached hydrogen (secondary N) is 2. The lowest BCUT2D eigenvalue weighted by atomic mass is 9.85. The summed E-state index contributed by atoms with van der Waals surface area (Å²) in [5.74, 6) is -0.712. The second kappa shape index (κ2) is 9.57. The van der Waals surface area contributed by atoms with Crippen molar-refractivity contribution in [2.45, 2.75) is 56.8 Å². The molecule has 2 amide bonds. The molecule has 2 heterocycles. The minimum atomic E-state index is -3.73. The number of carbonyl (C=O) groups excluding carboxylic acids is 2. The van der Waals surface area contributed by atoms with Crippen molar-refractivity contribution in [3.63, 3.8) is 0 Å². The van der Waals surface area contributed by atoms with Crippen molar-refractivity contribution in [2.75, 3.05) is 13.6 Å². The van der Waals surface area contributed by atoms with Gasteiger partial charge in [-0.05, 0) is 17.5 Å². The molecule has 1 aromatic carbocycles. The first-order chi connectivity index (χ1) is 15.4. The third-order valence-corrected chi connectivity index (χ3v) is 6.90. The quantitative estimate of drug-likeness (QED) is 0.510. The van der Waals surface area contributed by atoms with Crippen LogP contribution in [0.5, 0.6) is 0 Å². The number of amides is 2. The number of carbonyl (C=O) groups is 2. The molecule has 33 heavy (non-hydrogen) atoms. The van der Waals surface area contributed by atoms with Gasteiger partial charge in [0.2, 0.25) is 21.8 Å². The molecule has 1 saturated heterocycles. The Balaban J connectivity index is 1.81. The summed E-state index contributed by atoms with van der Waals surface area (Å²) < 4.78 is 28.8. The van der Waals surface area contributed by atoms with Crippen LogP contribution in [-0.4, -0.2) is 71.0 Å². The highest BCUT2D eigenvalue weighted by atomic mass is 32.2. The van der Waals surface area contributed by atoms with Crippen LogP contribution < -0.4 is 10.0 Å². The molecule has 11 nitrogen and oxygen atoms in total. The van der Waals surface area contributed by atoms with Crippen LogP contribution in [0.4, 0.5) is 0 Å². The lowest BCUT2D eigenvalue weighted by Gasteiger charge is -2.34. The van der Waals surface area contributed by atoms with Gasteiger partial charge in [0, 0.05) is 20.0 Å². The van der Waals surface area contributed by atoms with Gasteiger partial charge in [0.15, 0.2) is 0 Å². The number of hydrogen-bond donors (Lipinski definition) is 3. The fourth-order valence-electron chi connectivity index (χ4n) is 3.88. The summed E-state index contributed by atoms with van der Waals surface area (Å²) in [5, 5.41) is 20.7. The molecule has 1 aliphatic heterocycles. The van der Waals surface area contributed by atoms with E-state index in [1.165, 1.54) is 35.0 Å². The number of aromatic nitrogens is 3. The van der Waals surface area contributed by atoms with Crippen LogP contribution in [0.25, 0.3) is 0 Å². The molecule has 0 saturated carbocycles. The van der Waals surface area contributed by atoms with Crippen LogP contribution in [0.3, 0.4) is 0 Å². The van der Waals surface area contributed by atoms with Crippen molar-refractivity contribution in [3.8, 4) is 0 Å². The van der Waals surface area contributed by atoms with Gasteiger partial charge in [-0.2, -0.15) is 0 Å². The van der Waals surface area contributed by atoms with Crippen LogP contribution >= 0.6 is 0 Å². The monoisotopic (exact) mass is 478 g/mol. The highest BCUT2D eigenvalue weighted by molar-refractivity contribution is 7.89. The number of benzene rings is 1. The summed E-state index contributed by atoms with van der Waals surface area (Å²) in [5.41, 5.74) is -0.271. The Hall–Kier alpha value is -2.83. The molecule has 3 rings (SSSR count). The molecule has 0 radical (unpaired) electrons. The summed E-state index contributed by atoms with van der Waals surface area (Å²) in [6.45, 7) is 5.51. The first-order valence-corrected chi connectivity index (χ1v) is 12.1. The molecule has 0 aliphatic carbocycles. The Morgan fingerprint density at radius 2 is 1.91 bits per heavy atom. The van der Waals surface area contributed by atoms with E-state index in [1.807, 2.05) is 20.8 Å². The SMILES string of the molecule is CNC(=O)[C@@H]1C[C@@H](O)CN1C(=O)[C@@H](n1cc(CNS(=O)(=O)c2ccccc2)nn1)C(C)(C)C. The first kappa shape index (κ1) is 24.8. The van der Waals surface area contributed by atoms with Gasteiger partial charge in [0.25, 0.3) is 0 Å². The number of β-amino-alcohol motifs (C(OH)–C–C–N with tert-alkyl or cyclic N) is 1. The molecular weight excluding hydrogens is 448 g/mol.